The van der Waals surface area contributed by atoms with E-state index in [2.05, 4.69) is 0 Å². The Hall–Kier alpha value is -2.10. The number of anilines is 1. The first kappa shape index (κ1) is 14.0. The number of benzene rings is 1. The van der Waals surface area contributed by atoms with E-state index in [1.54, 1.807) is 37.0 Å². The molecule has 0 saturated carbocycles. The molecule has 0 radical (unpaired) electrons. The van der Waals surface area contributed by atoms with Gasteiger partial charge in [-0.05, 0) is 50.6 Å². The molecule has 0 aromatic heterocycles. The minimum Gasteiger partial charge on any atom is -0.478 e. The van der Waals surface area contributed by atoms with Gasteiger partial charge < -0.3 is 10.0 Å². The quantitative estimate of drug-likeness (QED) is 0.832. The van der Waals surface area contributed by atoms with Gasteiger partial charge in [0.25, 0.3) is 5.91 Å². The topological polar surface area (TPSA) is 57.6 Å². The van der Waals surface area contributed by atoms with Gasteiger partial charge in [-0.2, -0.15) is 0 Å². The lowest BCUT2D eigenvalue weighted by atomic mass is 10.1. The van der Waals surface area contributed by atoms with Gasteiger partial charge in [-0.1, -0.05) is 6.08 Å². The number of hydrogen-bond donors (Lipinski definition) is 1. The highest BCUT2D eigenvalue weighted by Gasteiger charge is 2.14. The largest absolute Gasteiger partial charge is 0.478 e. The summed E-state index contributed by atoms with van der Waals surface area (Å²) >= 11 is 0. The van der Waals surface area contributed by atoms with Crippen molar-refractivity contribution in [1.29, 1.82) is 0 Å². The summed E-state index contributed by atoms with van der Waals surface area (Å²) in [6, 6.07) is 4.75. The molecule has 96 valence electrons. The molecular weight excluding hydrogens is 230 g/mol. The van der Waals surface area contributed by atoms with Crippen molar-refractivity contribution in [2.45, 2.75) is 20.8 Å². The Bertz CT molecular complexity index is 492. The van der Waals surface area contributed by atoms with Crippen LogP contribution in [0.1, 0.15) is 29.8 Å². The van der Waals surface area contributed by atoms with Crippen LogP contribution in [0, 0.1) is 6.92 Å². The Morgan fingerprint density at radius 2 is 2.06 bits per heavy atom. The van der Waals surface area contributed by atoms with E-state index in [1.807, 2.05) is 6.92 Å². The van der Waals surface area contributed by atoms with Gasteiger partial charge in [-0.25, -0.2) is 4.79 Å². The fraction of sp³-hybridized carbons (Fsp3) is 0.286. The maximum atomic E-state index is 11.9. The van der Waals surface area contributed by atoms with Gasteiger partial charge in [0, 0.05) is 12.2 Å². The van der Waals surface area contributed by atoms with Crippen molar-refractivity contribution >= 4 is 17.6 Å². The van der Waals surface area contributed by atoms with Gasteiger partial charge in [0.2, 0.25) is 0 Å². The Kier molecular flexibility index (Phi) is 4.66. The van der Waals surface area contributed by atoms with E-state index in [0.717, 1.165) is 11.3 Å². The normalized spacial score (nSPS) is 10.6. The zero-order valence-electron chi connectivity index (χ0n) is 10.8. The molecule has 0 fully saturated rings. The lowest BCUT2D eigenvalue weighted by Crippen LogP contribution is -2.29. The van der Waals surface area contributed by atoms with Crippen molar-refractivity contribution in [2.24, 2.45) is 0 Å². The fourth-order valence-corrected chi connectivity index (χ4v) is 1.77. The predicted octanol–water partition coefficient (Wildman–Crippen LogP) is 2.62. The number of carboxylic acid groups (broad SMARTS) is 1. The molecule has 1 amide bonds. The van der Waals surface area contributed by atoms with Crippen LogP contribution in [-0.2, 0) is 4.79 Å². The first-order chi connectivity index (χ1) is 8.51. The number of amides is 1. The van der Waals surface area contributed by atoms with Crippen LogP contribution >= 0.6 is 0 Å². The molecule has 0 aliphatic rings. The molecular formula is C14H17NO3. The number of carbonyl (C=O) groups is 2. The van der Waals surface area contributed by atoms with E-state index in [-0.39, 0.29) is 11.5 Å². The number of nitrogens with zero attached hydrogens (tertiary/aromatic N) is 1. The Balaban J connectivity index is 3.15. The minimum atomic E-state index is -0.965. The molecule has 0 unspecified atom stereocenters. The Morgan fingerprint density at radius 1 is 1.39 bits per heavy atom. The maximum Gasteiger partial charge on any atom is 0.335 e. The summed E-state index contributed by atoms with van der Waals surface area (Å²) in [4.78, 5) is 24.3. The number of carboxylic acids is 1. The van der Waals surface area contributed by atoms with E-state index in [4.69, 9.17) is 5.11 Å². The van der Waals surface area contributed by atoms with Crippen LogP contribution in [0.15, 0.2) is 30.4 Å². The van der Waals surface area contributed by atoms with Crippen LogP contribution in [0.25, 0.3) is 0 Å². The molecule has 0 aliphatic heterocycles. The third-order valence-corrected chi connectivity index (χ3v) is 2.63. The number of allylic oxidation sites excluding steroid dienone is 1. The van der Waals surface area contributed by atoms with Crippen LogP contribution in [0.4, 0.5) is 5.69 Å². The summed E-state index contributed by atoms with van der Waals surface area (Å²) in [6.45, 7) is 6.00. The molecule has 4 heteroatoms. The summed E-state index contributed by atoms with van der Waals surface area (Å²) in [5.41, 5.74) is 1.74. The predicted molar refractivity (Wildman–Crippen MR) is 71.0 cm³/mol. The fourth-order valence-electron chi connectivity index (χ4n) is 1.77. The first-order valence-electron chi connectivity index (χ1n) is 5.79. The van der Waals surface area contributed by atoms with Crippen molar-refractivity contribution in [3.63, 3.8) is 0 Å². The van der Waals surface area contributed by atoms with Gasteiger partial charge in [0.05, 0.1) is 5.56 Å². The zero-order valence-corrected chi connectivity index (χ0v) is 10.8. The van der Waals surface area contributed by atoms with Crippen molar-refractivity contribution < 1.29 is 14.7 Å². The number of aryl methyl sites for hydroxylation is 1. The van der Waals surface area contributed by atoms with Crippen molar-refractivity contribution in [2.75, 3.05) is 11.4 Å². The molecule has 0 aliphatic carbocycles. The van der Waals surface area contributed by atoms with E-state index < -0.39 is 5.97 Å². The highest BCUT2D eigenvalue weighted by Crippen LogP contribution is 2.21. The lowest BCUT2D eigenvalue weighted by Gasteiger charge is -2.21. The van der Waals surface area contributed by atoms with Gasteiger partial charge >= 0.3 is 5.97 Å². The van der Waals surface area contributed by atoms with E-state index in [0.29, 0.717) is 6.54 Å². The second-order valence-corrected chi connectivity index (χ2v) is 3.89. The number of rotatable bonds is 4. The van der Waals surface area contributed by atoms with E-state index in [9.17, 15) is 9.59 Å². The van der Waals surface area contributed by atoms with Gasteiger partial charge in [0.15, 0.2) is 0 Å². The third-order valence-electron chi connectivity index (χ3n) is 2.63. The van der Waals surface area contributed by atoms with Crippen molar-refractivity contribution in [1.82, 2.24) is 0 Å². The van der Waals surface area contributed by atoms with Crippen molar-refractivity contribution in [3.8, 4) is 0 Å². The molecule has 0 heterocycles. The SMILES string of the molecule is C/C=C/C(=O)N(CC)c1ccc(C(=O)O)cc1C. The lowest BCUT2D eigenvalue weighted by molar-refractivity contribution is -0.114. The summed E-state index contributed by atoms with van der Waals surface area (Å²) in [6.07, 6.45) is 3.18. The van der Waals surface area contributed by atoms with Gasteiger partial charge in [-0.15, -0.1) is 0 Å². The molecule has 1 rings (SSSR count). The minimum absolute atomic E-state index is 0.105. The van der Waals surface area contributed by atoms with Gasteiger partial charge in [-0.3, -0.25) is 4.79 Å². The molecule has 0 spiro atoms. The van der Waals surface area contributed by atoms with E-state index >= 15 is 0 Å². The molecule has 1 aromatic carbocycles. The molecule has 4 nitrogen and oxygen atoms in total. The van der Waals surface area contributed by atoms with Crippen LogP contribution in [0.3, 0.4) is 0 Å². The smallest absolute Gasteiger partial charge is 0.335 e. The van der Waals surface area contributed by atoms with E-state index in [1.165, 1.54) is 12.1 Å². The second kappa shape index (κ2) is 6.00. The van der Waals surface area contributed by atoms with Crippen LogP contribution in [-0.4, -0.2) is 23.5 Å². The van der Waals surface area contributed by atoms with Crippen LogP contribution in [0.2, 0.25) is 0 Å². The van der Waals surface area contributed by atoms with Crippen molar-refractivity contribution in [3.05, 3.63) is 41.5 Å². The molecule has 1 aromatic rings. The summed E-state index contributed by atoms with van der Waals surface area (Å²) in [5, 5.41) is 8.90. The first-order valence-corrected chi connectivity index (χ1v) is 5.79. The molecule has 0 atom stereocenters. The zero-order chi connectivity index (χ0) is 13.7. The number of hydrogen-bond acceptors (Lipinski definition) is 2. The number of likely N-dealkylation sites (N-methyl/N-ethyl adjacent to an activating group) is 1. The highest BCUT2D eigenvalue weighted by atomic mass is 16.4. The number of aromatic carboxylic acids is 1. The molecule has 0 bridgehead atoms. The number of carbonyl (C=O) groups excluding carboxylic acids is 1. The molecule has 18 heavy (non-hydrogen) atoms. The summed E-state index contributed by atoms with van der Waals surface area (Å²) in [7, 11) is 0. The molecule has 0 saturated heterocycles. The average molecular weight is 247 g/mol. The molecule has 1 N–H and O–H groups in total. The monoisotopic (exact) mass is 247 g/mol. The average Bonchev–Trinajstić information content (AvgIpc) is 2.32. The third kappa shape index (κ3) is 2.97. The van der Waals surface area contributed by atoms with Gasteiger partial charge in [0.1, 0.15) is 0 Å². The standard InChI is InChI=1S/C14H17NO3/c1-4-6-13(16)15(5-2)12-8-7-11(14(17)18)9-10(12)3/h4,6-9H,5H2,1-3H3,(H,17,18)/b6-4+. The van der Waals surface area contributed by atoms with Crippen LogP contribution < -0.4 is 4.90 Å². The highest BCUT2D eigenvalue weighted by molar-refractivity contribution is 6.02. The second-order valence-electron chi connectivity index (χ2n) is 3.89. The summed E-state index contributed by atoms with van der Waals surface area (Å²) in [5.74, 6) is -1.07. The Morgan fingerprint density at radius 3 is 2.50 bits per heavy atom. The van der Waals surface area contributed by atoms with Crippen LogP contribution in [0.5, 0.6) is 0 Å². The summed E-state index contributed by atoms with van der Waals surface area (Å²) < 4.78 is 0. The Labute approximate surface area is 107 Å². The maximum absolute atomic E-state index is 11.9.